The number of para-hydroxylation sites is 2. The number of ether oxygens (including phenoxy) is 3. The second-order valence-corrected chi connectivity index (χ2v) is 3.97. The van der Waals surface area contributed by atoms with E-state index in [-0.39, 0.29) is 11.7 Å². The third-order valence-corrected chi connectivity index (χ3v) is 2.79. The van der Waals surface area contributed by atoms with Crippen molar-refractivity contribution in [2.24, 2.45) is 0 Å². The predicted molar refractivity (Wildman–Crippen MR) is 50.7 cm³/mol. The number of hydrogen-bond acceptors (Lipinski definition) is 3. The Bertz CT molecular complexity index is 357. The number of benzene rings is 1. The Balaban J connectivity index is 1.86. The van der Waals surface area contributed by atoms with Crippen LogP contribution in [0.25, 0.3) is 0 Å². The number of rotatable bonds is 1. The summed E-state index contributed by atoms with van der Waals surface area (Å²) in [5.41, 5.74) is -0.131. The molecule has 2 heterocycles. The summed E-state index contributed by atoms with van der Waals surface area (Å²) in [4.78, 5) is 0. The fourth-order valence-corrected chi connectivity index (χ4v) is 1.62. The monoisotopic (exact) mass is 192 g/mol. The van der Waals surface area contributed by atoms with Gasteiger partial charge in [0.05, 0.1) is 6.61 Å². The molecular formula is C11H12O3. The summed E-state index contributed by atoms with van der Waals surface area (Å²) < 4.78 is 16.8. The molecule has 0 aromatic heterocycles. The van der Waals surface area contributed by atoms with Crippen LogP contribution < -0.4 is 9.47 Å². The van der Waals surface area contributed by atoms with Gasteiger partial charge in [0.25, 0.3) is 0 Å². The van der Waals surface area contributed by atoms with Crippen molar-refractivity contribution >= 4 is 0 Å². The van der Waals surface area contributed by atoms with E-state index in [9.17, 15) is 0 Å². The molecule has 1 aromatic rings. The van der Waals surface area contributed by atoms with Gasteiger partial charge in [-0.3, -0.25) is 0 Å². The molecule has 1 saturated heterocycles. The third kappa shape index (κ3) is 1.16. The van der Waals surface area contributed by atoms with E-state index >= 15 is 0 Å². The highest BCUT2D eigenvalue weighted by molar-refractivity contribution is 5.41. The highest BCUT2D eigenvalue weighted by Gasteiger charge is 2.50. The first-order chi connectivity index (χ1) is 6.78. The maximum Gasteiger partial charge on any atom is 0.163 e. The molecule has 0 N–H and O–H groups in total. The quantitative estimate of drug-likeness (QED) is 0.633. The zero-order chi connectivity index (χ0) is 9.60. The molecule has 14 heavy (non-hydrogen) atoms. The Labute approximate surface area is 82.6 Å². The van der Waals surface area contributed by atoms with Gasteiger partial charge in [0.1, 0.15) is 12.2 Å². The van der Waals surface area contributed by atoms with Crippen LogP contribution in [0.1, 0.15) is 6.92 Å². The summed E-state index contributed by atoms with van der Waals surface area (Å²) in [6, 6.07) is 7.73. The highest BCUT2D eigenvalue weighted by atomic mass is 16.6. The topological polar surface area (TPSA) is 31.0 Å². The second-order valence-electron chi connectivity index (χ2n) is 3.97. The van der Waals surface area contributed by atoms with Crippen molar-refractivity contribution in [3.05, 3.63) is 24.3 Å². The van der Waals surface area contributed by atoms with E-state index in [4.69, 9.17) is 14.2 Å². The molecule has 74 valence electrons. The highest BCUT2D eigenvalue weighted by Crippen LogP contribution is 2.39. The average molecular weight is 192 g/mol. The van der Waals surface area contributed by atoms with Crippen LogP contribution in [0.15, 0.2) is 24.3 Å². The number of fused-ring (bicyclic) bond motifs is 1. The number of hydrogen-bond donors (Lipinski definition) is 0. The van der Waals surface area contributed by atoms with Crippen LogP contribution in [0, 0.1) is 0 Å². The molecule has 3 heteroatoms. The number of epoxide rings is 1. The van der Waals surface area contributed by atoms with Gasteiger partial charge < -0.3 is 14.2 Å². The van der Waals surface area contributed by atoms with Gasteiger partial charge in [0, 0.05) is 0 Å². The third-order valence-electron chi connectivity index (χ3n) is 2.79. The van der Waals surface area contributed by atoms with E-state index in [1.165, 1.54) is 0 Å². The largest absolute Gasteiger partial charge is 0.486 e. The molecule has 3 rings (SSSR count). The van der Waals surface area contributed by atoms with Crippen LogP contribution in [0.5, 0.6) is 11.5 Å². The minimum Gasteiger partial charge on any atom is -0.486 e. The zero-order valence-corrected chi connectivity index (χ0v) is 8.03. The normalized spacial score (nSPS) is 33.9. The van der Waals surface area contributed by atoms with Crippen LogP contribution in [0.3, 0.4) is 0 Å². The van der Waals surface area contributed by atoms with Crippen LogP contribution >= 0.6 is 0 Å². The van der Waals surface area contributed by atoms with Crippen molar-refractivity contribution in [1.29, 1.82) is 0 Å². The first kappa shape index (κ1) is 8.12. The van der Waals surface area contributed by atoms with E-state index < -0.39 is 0 Å². The lowest BCUT2D eigenvalue weighted by atomic mass is 10.1. The lowest BCUT2D eigenvalue weighted by molar-refractivity contribution is 0.0353. The van der Waals surface area contributed by atoms with E-state index in [1.54, 1.807) is 0 Å². The molecule has 0 radical (unpaired) electrons. The standard InChI is InChI=1S/C11H12O3/c1-11(7-13-11)10-6-12-8-4-2-3-5-9(8)14-10/h2-5,10H,6-7H2,1H3. The van der Waals surface area contributed by atoms with Crippen molar-refractivity contribution in [2.75, 3.05) is 13.2 Å². The summed E-state index contributed by atoms with van der Waals surface area (Å²) in [7, 11) is 0. The van der Waals surface area contributed by atoms with Crippen molar-refractivity contribution in [1.82, 2.24) is 0 Å². The molecule has 2 atom stereocenters. The molecule has 2 aliphatic heterocycles. The Morgan fingerprint density at radius 2 is 2.00 bits per heavy atom. The van der Waals surface area contributed by atoms with E-state index in [0.717, 1.165) is 18.1 Å². The van der Waals surface area contributed by atoms with Gasteiger partial charge >= 0.3 is 0 Å². The molecule has 0 spiro atoms. The van der Waals surface area contributed by atoms with E-state index in [2.05, 4.69) is 6.92 Å². The Morgan fingerprint density at radius 1 is 1.29 bits per heavy atom. The minimum absolute atomic E-state index is 0.0254. The summed E-state index contributed by atoms with van der Waals surface area (Å²) in [5, 5.41) is 0. The van der Waals surface area contributed by atoms with Gasteiger partial charge in [-0.2, -0.15) is 0 Å². The average Bonchev–Trinajstić information content (AvgIpc) is 2.97. The van der Waals surface area contributed by atoms with Gasteiger partial charge in [-0.1, -0.05) is 12.1 Å². The summed E-state index contributed by atoms with van der Waals surface area (Å²) in [5.74, 6) is 1.65. The molecule has 2 aliphatic rings. The summed E-state index contributed by atoms with van der Waals surface area (Å²) >= 11 is 0. The Kier molecular flexibility index (Phi) is 1.53. The van der Waals surface area contributed by atoms with Crippen LogP contribution in [-0.2, 0) is 4.74 Å². The van der Waals surface area contributed by atoms with Gasteiger partial charge in [0.2, 0.25) is 0 Å². The molecule has 0 aliphatic carbocycles. The SMILES string of the molecule is CC1(C2COc3ccccc3O2)CO1. The lowest BCUT2D eigenvalue weighted by Crippen LogP contribution is -2.40. The van der Waals surface area contributed by atoms with E-state index in [0.29, 0.717) is 6.61 Å². The van der Waals surface area contributed by atoms with Crippen molar-refractivity contribution in [2.45, 2.75) is 18.6 Å². The fraction of sp³-hybridized carbons (Fsp3) is 0.455. The maximum atomic E-state index is 5.81. The first-order valence-corrected chi connectivity index (χ1v) is 4.80. The lowest BCUT2D eigenvalue weighted by Gasteiger charge is -2.28. The van der Waals surface area contributed by atoms with Crippen molar-refractivity contribution in [3.8, 4) is 11.5 Å². The zero-order valence-electron chi connectivity index (χ0n) is 8.03. The van der Waals surface area contributed by atoms with Gasteiger partial charge in [-0.05, 0) is 19.1 Å². The van der Waals surface area contributed by atoms with Gasteiger partial charge in [-0.15, -0.1) is 0 Å². The summed E-state index contributed by atoms with van der Waals surface area (Å²) in [6.07, 6.45) is 0.0254. The maximum absolute atomic E-state index is 5.81. The van der Waals surface area contributed by atoms with Crippen LogP contribution in [-0.4, -0.2) is 24.9 Å². The van der Waals surface area contributed by atoms with E-state index in [1.807, 2.05) is 24.3 Å². The smallest absolute Gasteiger partial charge is 0.163 e. The van der Waals surface area contributed by atoms with Gasteiger partial charge in [-0.25, -0.2) is 0 Å². The van der Waals surface area contributed by atoms with Crippen LogP contribution in [0.2, 0.25) is 0 Å². The predicted octanol–water partition coefficient (Wildman–Crippen LogP) is 1.62. The van der Waals surface area contributed by atoms with Crippen molar-refractivity contribution < 1.29 is 14.2 Å². The molecule has 1 aromatic carbocycles. The Morgan fingerprint density at radius 3 is 2.71 bits per heavy atom. The van der Waals surface area contributed by atoms with Gasteiger partial charge in [0.15, 0.2) is 17.6 Å². The van der Waals surface area contributed by atoms with Crippen LogP contribution in [0.4, 0.5) is 0 Å². The molecular weight excluding hydrogens is 180 g/mol. The fourth-order valence-electron chi connectivity index (χ4n) is 1.62. The molecule has 2 unspecified atom stereocenters. The molecule has 3 nitrogen and oxygen atoms in total. The minimum atomic E-state index is -0.131. The second kappa shape index (κ2) is 2.64. The Hall–Kier alpha value is -1.22. The molecule has 0 bridgehead atoms. The van der Waals surface area contributed by atoms with Crippen molar-refractivity contribution in [3.63, 3.8) is 0 Å². The molecule has 0 amide bonds. The first-order valence-electron chi connectivity index (χ1n) is 4.80. The molecule has 0 saturated carbocycles. The summed E-state index contributed by atoms with van der Waals surface area (Å²) in [6.45, 7) is 3.39. The molecule has 1 fully saturated rings.